The highest BCUT2D eigenvalue weighted by molar-refractivity contribution is 8.00. The highest BCUT2D eigenvalue weighted by Gasteiger charge is 2.16. The number of rotatable bonds is 11. The Kier molecular flexibility index (Phi) is 11.1. The second-order valence-electron chi connectivity index (χ2n) is 8.79. The van der Waals surface area contributed by atoms with Crippen molar-refractivity contribution in [2.24, 2.45) is 0 Å². The van der Waals surface area contributed by atoms with Crippen LogP contribution in [-0.4, -0.2) is 30.1 Å². The molecule has 10 heteroatoms. The number of anilines is 2. The third-order valence-corrected chi connectivity index (χ3v) is 7.31. The Balaban J connectivity index is 1.44. The summed E-state index contributed by atoms with van der Waals surface area (Å²) in [5.74, 6) is -0.439. The molecule has 0 saturated heterocycles. The summed E-state index contributed by atoms with van der Waals surface area (Å²) in [6, 6.07) is 27.7. The monoisotopic (exact) mass is 619 g/mol. The van der Waals surface area contributed by atoms with Crippen molar-refractivity contribution in [1.82, 2.24) is 5.32 Å². The first-order chi connectivity index (χ1) is 20.3. The topological polar surface area (TPSA) is 96.5 Å². The summed E-state index contributed by atoms with van der Waals surface area (Å²) in [7, 11) is 0. The maximum absolute atomic E-state index is 13.4. The Morgan fingerprint density at radius 1 is 0.857 bits per heavy atom. The van der Waals surface area contributed by atoms with Crippen LogP contribution < -0.4 is 20.7 Å². The lowest BCUT2D eigenvalue weighted by Gasteiger charge is -2.13. The highest BCUT2D eigenvalue weighted by Crippen LogP contribution is 2.27. The van der Waals surface area contributed by atoms with Crippen LogP contribution in [-0.2, 0) is 9.59 Å². The van der Waals surface area contributed by atoms with Crippen molar-refractivity contribution in [1.29, 1.82) is 0 Å². The molecule has 3 N–H and O–H groups in total. The number of halogens is 2. The Bertz CT molecular complexity index is 1600. The van der Waals surface area contributed by atoms with Crippen LogP contribution >= 0.6 is 35.0 Å². The number of carbonyl (C=O) groups is 3. The second-order valence-corrected chi connectivity index (χ2v) is 10.7. The number of para-hydroxylation sites is 1. The Labute approximate surface area is 258 Å². The quantitative estimate of drug-likeness (QED) is 0.119. The first kappa shape index (κ1) is 30.7. The van der Waals surface area contributed by atoms with Gasteiger partial charge >= 0.3 is 0 Å². The largest absolute Gasteiger partial charge is 0.493 e. The second kappa shape index (κ2) is 15.1. The van der Waals surface area contributed by atoms with Gasteiger partial charge in [-0.25, -0.2) is 0 Å². The number of amides is 3. The molecule has 0 atom stereocenters. The molecule has 0 radical (unpaired) electrons. The zero-order valence-corrected chi connectivity index (χ0v) is 24.9. The van der Waals surface area contributed by atoms with Crippen molar-refractivity contribution in [2.75, 3.05) is 23.0 Å². The molecule has 0 aliphatic carbocycles. The molecule has 0 saturated carbocycles. The molecule has 4 aromatic carbocycles. The van der Waals surface area contributed by atoms with E-state index in [9.17, 15) is 14.4 Å². The van der Waals surface area contributed by atoms with E-state index in [1.54, 1.807) is 84.9 Å². The molecule has 0 aromatic heterocycles. The van der Waals surface area contributed by atoms with Crippen molar-refractivity contribution in [3.63, 3.8) is 0 Å². The summed E-state index contributed by atoms with van der Waals surface area (Å²) in [5, 5.41) is 9.17. The van der Waals surface area contributed by atoms with Gasteiger partial charge in [0.05, 0.1) is 23.1 Å². The van der Waals surface area contributed by atoms with Gasteiger partial charge in [0.1, 0.15) is 11.4 Å². The number of ether oxygens (including phenoxy) is 1. The van der Waals surface area contributed by atoms with Crippen molar-refractivity contribution < 1.29 is 19.1 Å². The van der Waals surface area contributed by atoms with Gasteiger partial charge in [0.25, 0.3) is 11.8 Å². The van der Waals surface area contributed by atoms with E-state index in [0.29, 0.717) is 44.9 Å². The number of benzene rings is 4. The first-order valence-electron chi connectivity index (χ1n) is 12.9. The normalized spacial score (nSPS) is 11.0. The summed E-state index contributed by atoms with van der Waals surface area (Å²) < 4.78 is 5.69. The van der Waals surface area contributed by atoms with Gasteiger partial charge in [-0.2, -0.15) is 0 Å². The fourth-order valence-corrected chi connectivity index (χ4v) is 4.78. The standard InChI is InChI=1S/C32H27Cl2N3O4S/c1-2-41-29-11-7-6-10-22(29)18-28(37-31(39)21-8-4-3-5-9-21)32(40)35-24-13-15-25(16-14-24)42-20-30(38)36-27-19-23(33)12-17-26(27)34/h3-19H,2,20H2,1H3,(H,35,40)(H,36,38)(H,37,39)/b28-18-. The van der Waals surface area contributed by atoms with Gasteiger partial charge in [0.15, 0.2) is 0 Å². The van der Waals surface area contributed by atoms with Crippen molar-refractivity contribution in [3.8, 4) is 5.75 Å². The highest BCUT2D eigenvalue weighted by atomic mass is 35.5. The molecule has 7 nitrogen and oxygen atoms in total. The maximum atomic E-state index is 13.4. The van der Waals surface area contributed by atoms with Gasteiger partial charge in [-0.15, -0.1) is 11.8 Å². The number of carbonyl (C=O) groups excluding carboxylic acids is 3. The van der Waals surface area contributed by atoms with Gasteiger partial charge in [0.2, 0.25) is 5.91 Å². The van der Waals surface area contributed by atoms with E-state index in [2.05, 4.69) is 16.0 Å². The number of nitrogens with one attached hydrogen (secondary N) is 3. The number of thioether (sulfide) groups is 1. The number of hydrogen-bond acceptors (Lipinski definition) is 5. The van der Waals surface area contributed by atoms with Gasteiger partial charge in [-0.05, 0) is 73.7 Å². The van der Waals surface area contributed by atoms with E-state index in [4.69, 9.17) is 27.9 Å². The van der Waals surface area contributed by atoms with E-state index in [1.807, 2.05) is 25.1 Å². The van der Waals surface area contributed by atoms with Gasteiger partial charge in [-0.1, -0.05) is 59.6 Å². The predicted octanol–water partition coefficient (Wildman–Crippen LogP) is 7.53. The van der Waals surface area contributed by atoms with E-state index < -0.39 is 11.8 Å². The summed E-state index contributed by atoms with van der Waals surface area (Å²) >= 11 is 13.4. The average Bonchev–Trinajstić information content (AvgIpc) is 2.99. The Hall–Kier alpha value is -4.24. The minimum atomic E-state index is -0.510. The van der Waals surface area contributed by atoms with E-state index >= 15 is 0 Å². The zero-order chi connectivity index (χ0) is 29.9. The van der Waals surface area contributed by atoms with Crippen molar-refractivity contribution in [2.45, 2.75) is 11.8 Å². The maximum Gasteiger partial charge on any atom is 0.272 e. The molecule has 0 aliphatic rings. The molecule has 0 unspecified atom stereocenters. The molecular formula is C32H27Cl2N3O4S. The van der Waals surface area contributed by atoms with Gasteiger partial charge in [0, 0.05) is 26.7 Å². The molecule has 4 aromatic rings. The lowest BCUT2D eigenvalue weighted by Crippen LogP contribution is -2.30. The fourth-order valence-electron chi connectivity index (χ4n) is 3.75. The zero-order valence-electron chi connectivity index (χ0n) is 22.5. The molecule has 0 fully saturated rings. The third-order valence-electron chi connectivity index (χ3n) is 5.73. The van der Waals surface area contributed by atoms with Crippen LogP contribution in [0.1, 0.15) is 22.8 Å². The van der Waals surface area contributed by atoms with E-state index in [1.165, 1.54) is 11.8 Å². The van der Waals surface area contributed by atoms with Crippen LogP contribution in [0.2, 0.25) is 10.0 Å². The van der Waals surface area contributed by atoms with Gasteiger partial charge < -0.3 is 20.7 Å². The summed E-state index contributed by atoms with van der Waals surface area (Å²) in [6.45, 7) is 2.32. The summed E-state index contributed by atoms with van der Waals surface area (Å²) in [4.78, 5) is 39.5. The predicted molar refractivity (Wildman–Crippen MR) is 170 cm³/mol. The molecule has 3 amide bonds. The lowest BCUT2D eigenvalue weighted by atomic mass is 10.1. The molecule has 0 aliphatic heterocycles. The van der Waals surface area contributed by atoms with Gasteiger partial charge in [-0.3, -0.25) is 14.4 Å². The summed E-state index contributed by atoms with van der Waals surface area (Å²) in [6.07, 6.45) is 1.58. The molecule has 4 rings (SSSR count). The SMILES string of the molecule is CCOc1ccccc1/C=C(\NC(=O)c1ccccc1)C(=O)Nc1ccc(SCC(=O)Nc2cc(Cl)ccc2Cl)cc1. The van der Waals surface area contributed by atoms with Crippen LogP contribution in [0.4, 0.5) is 11.4 Å². The van der Waals surface area contributed by atoms with Crippen LogP contribution in [0.3, 0.4) is 0 Å². The fraction of sp³-hybridized carbons (Fsp3) is 0.0938. The van der Waals surface area contributed by atoms with Crippen molar-refractivity contribution in [3.05, 3.63) is 124 Å². The molecular weight excluding hydrogens is 593 g/mol. The van der Waals surface area contributed by atoms with Crippen LogP contribution in [0.15, 0.2) is 108 Å². The molecule has 0 heterocycles. The van der Waals surface area contributed by atoms with Crippen LogP contribution in [0, 0.1) is 0 Å². The number of hydrogen-bond donors (Lipinski definition) is 3. The Morgan fingerprint density at radius 2 is 1.57 bits per heavy atom. The smallest absolute Gasteiger partial charge is 0.272 e. The first-order valence-corrected chi connectivity index (χ1v) is 14.7. The van der Waals surface area contributed by atoms with Crippen LogP contribution in [0.5, 0.6) is 5.75 Å². The lowest BCUT2D eigenvalue weighted by molar-refractivity contribution is -0.114. The Morgan fingerprint density at radius 3 is 2.31 bits per heavy atom. The third kappa shape index (κ3) is 8.88. The van der Waals surface area contributed by atoms with E-state index in [0.717, 1.165) is 4.90 Å². The molecule has 214 valence electrons. The minimum Gasteiger partial charge on any atom is -0.493 e. The van der Waals surface area contributed by atoms with Crippen molar-refractivity contribution >= 4 is 70.1 Å². The minimum absolute atomic E-state index is 0.0470. The molecule has 42 heavy (non-hydrogen) atoms. The summed E-state index contributed by atoms with van der Waals surface area (Å²) in [5.41, 5.74) is 2.06. The molecule has 0 bridgehead atoms. The van der Waals surface area contributed by atoms with Crippen LogP contribution in [0.25, 0.3) is 6.08 Å². The van der Waals surface area contributed by atoms with E-state index in [-0.39, 0.29) is 17.4 Å². The average molecular weight is 621 g/mol. The molecule has 0 spiro atoms.